The predicted molar refractivity (Wildman–Crippen MR) is 116 cm³/mol. The van der Waals surface area contributed by atoms with E-state index in [0.717, 1.165) is 21.9 Å². The molecule has 0 spiro atoms. The van der Waals surface area contributed by atoms with E-state index in [-0.39, 0.29) is 29.7 Å². The van der Waals surface area contributed by atoms with Crippen LogP contribution in [0.15, 0.2) is 35.7 Å². The van der Waals surface area contributed by atoms with Crippen LogP contribution in [0.3, 0.4) is 0 Å². The zero-order valence-electron chi connectivity index (χ0n) is 17.4. The van der Waals surface area contributed by atoms with E-state index in [1.54, 1.807) is 0 Å². The molecule has 1 aromatic heterocycles. The molecule has 0 aliphatic carbocycles. The zero-order chi connectivity index (χ0) is 21.1. The first kappa shape index (κ1) is 20.7. The third-order valence-corrected chi connectivity index (χ3v) is 6.63. The number of amides is 2. The molecule has 1 N–H and O–H groups in total. The summed E-state index contributed by atoms with van der Waals surface area (Å²) in [7, 11) is 0. The van der Waals surface area contributed by atoms with Gasteiger partial charge in [-0.05, 0) is 47.9 Å². The molecule has 7 heteroatoms. The number of piperidine rings is 1. The first-order chi connectivity index (χ1) is 14.5. The minimum atomic E-state index is -0.0980. The second-order valence-electron chi connectivity index (χ2n) is 8.18. The van der Waals surface area contributed by atoms with Crippen LogP contribution in [0.5, 0.6) is 11.5 Å². The third-order valence-electron chi connectivity index (χ3n) is 5.77. The molecule has 0 unspecified atom stereocenters. The molecule has 3 heterocycles. The summed E-state index contributed by atoms with van der Waals surface area (Å²) in [5.74, 6) is 1.78. The van der Waals surface area contributed by atoms with Gasteiger partial charge in [-0.1, -0.05) is 26.0 Å². The lowest BCUT2D eigenvalue weighted by Crippen LogP contribution is -2.44. The molecule has 1 atom stereocenters. The van der Waals surface area contributed by atoms with Gasteiger partial charge in [0.1, 0.15) is 13.2 Å². The number of carbonyl (C=O) groups is 2. The van der Waals surface area contributed by atoms with Crippen LogP contribution < -0.4 is 14.8 Å². The molecule has 2 aliphatic heterocycles. The summed E-state index contributed by atoms with van der Waals surface area (Å²) < 4.78 is 11.3. The van der Waals surface area contributed by atoms with Gasteiger partial charge in [-0.25, -0.2) is 0 Å². The Bertz CT molecular complexity index is 889. The summed E-state index contributed by atoms with van der Waals surface area (Å²) >= 11 is 1.46. The van der Waals surface area contributed by atoms with Gasteiger partial charge in [0.05, 0.1) is 10.9 Å². The first-order valence-electron chi connectivity index (χ1n) is 10.6. The Balaban J connectivity index is 1.38. The normalized spacial score (nSPS) is 17.6. The van der Waals surface area contributed by atoms with Crippen molar-refractivity contribution in [3.63, 3.8) is 0 Å². The second-order valence-corrected chi connectivity index (χ2v) is 9.12. The fourth-order valence-electron chi connectivity index (χ4n) is 4.06. The van der Waals surface area contributed by atoms with E-state index in [9.17, 15) is 9.59 Å². The Labute approximate surface area is 181 Å². The highest BCUT2D eigenvalue weighted by molar-refractivity contribution is 7.12. The van der Waals surface area contributed by atoms with Gasteiger partial charge in [-0.2, -0.15) is 0 Å². The van der Waals surface area contributed by atoms with Crippen molar-refractivity contribution in [3.8, 4) is 11.5 Å². The largest absolute Gasteiger partial charge is 0.486 e. The van der Waals surface area contributed by atoms with Crippen molar-refractivity contribution >= 4 is 23.2 Å². The molecule has 1 saturated heterocycles. The average Bonchev–Trinajstić information content (AvgIpc) is 3.31. The molecule has 0 saturated carbocycles. The Kier molecular flexibility index (Phi) is 6.27. The van der Waals surface area contributed by atoms with Crippen molar-refractivity contribution in [3.05, 3.63) is 46.2 Å². The number of benzene rings is 1. The number of thiophene rings is 1. The fourth-order valence-corrected chi connectivity index (χ4v) is 4.75. The van der Waals surface area contributed by atoms with Crippen molar-refractivity contribution < 1.29 is 19.1 Å². The summed E-state index contributed by atoms with van der Waals surface area (Å²) in [6.45, 7) is 6.53. The average molecular weight is 429 g/mol. The van der Waals surface area contributed by atoms with Crippen LogP contribution in [-0.2, 0) is 4.79 Å². The highest BCUT2D eigenvalue weighted by Crippen LogP contribution is 2.34. The van der Waals surface area contributed by atoms with E-state index in [2.05, 4.69) is 19.2 Å². The first-order valence-corrected chi connectivity index (χ1v) is 11.4. The van der Waals surface area contributed by atoms with Crippen molar-refractivity contribution in [2.24, 2.45) is 11.8 Å². The van der Waals surface area contributed by atoms with Gasteiger partial charge in [0.25, 0.3) is 5.91 Å². The molecule has 0 bridgehead atoms. The SMILES string of the molecule is CC(C)[C@@H](NC(=O)C1CCN(C(=O)c2cccs2)CC1)c1ccc2c(c1)OCCO2. The number of ether oxygens (including phenoxy) is 2. The lowest BCUT2D eigenvalue weighted by atomic mass is 9.92. The van der Waals surface area contributed by atoms with Gasteiger partial charge >= 0.3 is 0 Å². The lowest BCUT2D eigenvalue weighted by molar-refractivity contribution is -0.127. The van der Waals surface area contributed by atoms with E-state index in [0.29, 0.717) is 39.1 Å². The lowest BCUT2D eigenvalue weighted by Gasteiger charge is -2.33. The maximum atomic E-state index is 13.0. The summed E-state index contributed by atoms with van der Waals surface area (Å²) in [6, 6.07) is 9.54. The number of fused-ring (bicyclic) bond motifs is 1. The number of nitrogens with one attached hydrogen (secondary N) is 1. The van der Waals surface area contributed by atoms with Crippen molar-refractivity contribution in [2.75, 3.05) is 26.3 Å². The van der Waals surface area contributed by atoms with Gasteiger partial charge in [0.2, 0.25) is 5.91 Å². The van der Waals surface area contributed by atoms with E-state index in [4.69, 9.17) is 9.47 Å². The standard InChI is InChI=1S/C23H28N2O4S/c1-15(2)21(17-5-6-18-19(14-17)29-12-11-28-18)24-22(26)16-7-9-25(10-8-16)23(27)20-4-3-13-30-20/h3-6,13-16,21H,7-12H2,1-2H3,(H,24,26)/t21-/m1/s1. The molecule has 2 amide bonds. The van der Waals surface area contributed by atoms with Gasteiger partial charge in [0, 0.05) is 19.0 Å². The molecular weight excluding hydrogens is 400 g/mol. The quantitative estimate of drug-likeness (QED) is 0.785. The van der Waals surface area contributed by atoms with E-state index >= 15 is 0 Å². The van der Waals surface area contributed by atoms with Crippen LogP contribution in [0.2, 0.25) is 0 Å². The number of likely N-dealkylation sites (tertiary alicyclic amines) is 1. The topological polar surface area (TPSA) is 67.9 Å². The van der Waals surface area contributed by atoms with Gasteiger partial charge in [-0.15, -0.1) is 11.3 Å². The molecular formula is C23H28N2O4S. The second kappa shape index (κ2) is 9.08. The van der Waals surface area contributed by atoms with Crippen LogP contribution in [-0.4, -0.2) is 43.0 Å². The van der Waals surface area contributed by atoms with Gasteiger partial charge in [-0.3, -0.25) is 9.59 Å². The molecule has 2 aliphatic rings. The Morgan fingerprint density at radius 3 is 2.50 bits per heavy atom. The highest BCUT2D eigenvalue weighted by atomic mass is 32.1. The Morgan fingerprint density at radius 2 is 1.83 bits per heavy atom. The summed E-state index contributed by atoms with van der Waals surface area (Å²) in [6.07, 6.45) is 1.38. The van der Waals surface area contributed by atoms with E-state index in [1.807, 2.05) is 40.6 Å². The monoisotopic (exact) mass is 428 g/mol. The molecule has 6 nitrogen and oxygen atoms in total. The fraction of sp³-hybridized carbons (Fsp3) is 0.478. The smallest absolute Gasteiger partial charge is 0.263 e. The maximum Gasteiger partial charge on any atom is 0.263 e. The minimum absolute atomic E-state index is 0.0619. The molecule has 0 radical (unpaired) electrons. The summed E-state index contributed by atoms with van der Waals surface area (Å²) in [5.41, 5.74) is 1.02. The Morgan fingerprint density at radius 1 is 1.10 bits per heavy atom. The highest BCUT2D eigenvalue weighted by Gasteiger charge is 2.30. The minimum Gasteiger partial charge on any atom is -0.486 e. The third kappa shape index (κ3) is 4.46. The molecule has 1 fully saturated rings. The zero-order valence-corrected chi connectivity index (χ0v) is 18.2. The number of carbonyl (C=O) groups excluding carboxylic acids is 2. The summed E-state index contributed by atoms with van der Waals surface area (Å²) in [5, 5.41) is 5.16. The molecule has 30 heavy (non-hydrogen) atoms. The van der Waals surface area contributed by atoms with E-state index in [1.165, 1.54) is 11.3 Å². The van der Waals surface area contributed by atoms with Crippen LogP contribution in [0.1, 0.15) is 48.0 Å². The summed E-state index contributed by atoms with van der Waals surface area (Å²) in [4.78, 5) is 28.2. The van der Waals surface area contributed by atoms with Crippen LogP contribution >= 0.6 is 11.3 Å². The van der Waals surface area contributed by atoms with Crippen molar-refractivity contribution in [2.45, 2.75) is 32.7 Å². The van der Waals surface area contributed by atoms with Crippen LogP contribution in [0.4, 0.5) is 0 Å². The van der Waals surface area contributed by atoms with Crippen molar-refractivity contribution in [1.29, 1.82) is 0 Å². The maximum absolute atomic E-state index is 13.0. The van der Waals surface area contributed by atoms with Gasteiger partial charge in [0.15, 0.2) is 11.5 Å². The number of hydrogen-bond donors (Lipinski definition) is 1. The van der Waals surface area contributed by atoms with Crippen LogP contribution in [0, 0.1) is 11.8 Å². The van der Waals surface area contributed by atoms with Crippen molar-refractivity contribution in [1.82, 2.24) is 10.2 Å². The number of nitrogens with zero attached hydrogens (tertiary/aromatic N) is 1. The number of rotatable bonds is 5. The van der Waals surface area contributed by atoms with Gasteiger partial charge < -0.3 is 19.7 Å². The predicted octanol–water partition coefficient (Wildman–Crippen LogP) is 3.89. The number of hydrogen-bond acceptors (Lipinski definition) is 5. The molecule has 160 valence electrons. The Hall–Kier alpha value is -2.54. The van der Waals surface area contributed by atoms with Crippen LogP contribution in [0.25, 0.3) is 0 Å². The molecule has 2 aromatic rings. The molecule has 1 aromatic carbocycles. The molecule has 4 rings (SSSR count). The van der Waals surface area contributed by atoms with E-state index < -0.39 is 0 Å².